The van der Waals surface area contributed by atoms with Crippen LogP contribution in [0, 0.1) is 0 Å². The number of carbonyl (C=O) groups is 1. The van der Waals surface area contributed by atoms with Crippen molar-refractivity contribution < 1.29 is 4.79 Å². The van der Waals surface area contributed by atoms with Crippen LogP contribution in [0.25, 0.3) is 11.3 Å². The molecule has 0 fully saturated rings. The van der Waals surface area contributed by atoms with Crippen molar-refractivity contribution >= 4 is 22.3 Å². The zero-order valence-corrected chi connectivity index (χ0v) is 9.75. The van der Waals surface area contributed by atoms with Crippen LogP contribution in [0.1, 0.15) is 12.5 Å². The van der Waals surface area contributed by atoms with E-state index in [1.165, 1.54) is 11.3 Å². The number of rotatable bonds is 3. The van der Waals surface area contributed by atoms with Gasteiger partial charge in [0.1, 0.15) is 5.78 Å². The summed E-state index contributed by atoms with van der Waals surface area (Å²) in [5.41, 5.74) is 8.52. The van der Waals surface area contributed by atoms with Crippen LogP contribution >= 0.6 is 11.3 Å². The second kappa shape index (κ2) is 4.45. The number of nitrogen functional groups attached to an aromatic ring is 1. The van der Waals surface area contributed by atoms with Gasteiger partial charge in [-0.3, -0.25) is 4.79 Å². The van der Waals surface area contributed by atoms with Crippen LogP contribution in [0.3, 0.4) is 0 Å². The van der Waals surface area contributed by atoms with Gasteiger partial charge in [0.05, 0.1) is 5.69 Å². The van der Waals surface area contributed by atoms with Crippen LogP contribution in [0.2, 0.25) is 0 Å². The molecule has 0 aliphatic carbocycles. The number of carbonyl (C=O) groups excluding carboxylic acids is 1. The van der Waals surface area contributed by atoms with Gasteiger partial charge in [-0.05, 0) is 12.5 Å². The Morgan fingerprint density at radius 1 is 1.38 bits per heavy atom. The summed E-state index contributed by atoms with van der Waals surface area (Å²) in [7, 11) is 0. The van der Waals surface area contributed by atoms with E-state index >= 15 is 0 Å². The molecule has 0 saturated heterocycles. The van der Waals surface area contributed by atoms with Gasteiger partial charge in [-0.2, -0.15) is 0 Å². The summed E-state index contributed by atoms with van der Waals surface area (Å²) < 4.78 is 0. The van der Waals surface area contributed by atoms with Gasteiger partial charge in [0, 0.05) is 17.4 Å². The fourth-order valence-electron chi connectivity index (χ4n) is 1.50. The number of nitrogens with zero attached hydrogens (tertiary/aromatic N) is 1. The summed E-state index contributed by atoms with van der Waals surface area (Å²) in [5.74, 6) is 0.172. The Bertz CT molecular complexity index is 502. The Morgan fingerprint density at radius 2 is 2.06 bits per heavy atom. The SMILES string of the molecule is CC(=O)Cc1ccc(-c2csc(N)n2)cc1. The Hall–Kier alpha value is -1.68. The van der Waals surface area contributed by atoms with Gasteiger partial charge in [-0.1, -0.05) is 24.3 Å². The molecule has 2 aromatic rings. The van der Waals surface area contributed by atoms with Crippen LogP contribution in [0.5, 0.6) is 0 Å². The van der Waals surface area contributed by atoms with Crippen molar-refractivity contribution in [2.24, 2.45) is 0 Å². The molecule has 4 heteroatoms. The summed E-state index contributed by atoms with van der Waals surface area (Å²) in [5, 5.41) is 2.50. The molecular formula is C12H12N2OS. The van der Waals surface area contributed by atoms with E-state index in [9.17, 15) is 4.79 Å². The maximum Gasteiger partial charge on any atom is 0.180 e. The third kappa shape index (κ3) is 2.46. The average molecular weight is 232 g/mol. The fraction of sp³-hybridized carbons (Fsp3) is 0.167. The molecule has 3 nitrogen and oxygen atoms in total. The third-order valence-electron chi connectivity index (χ3n) is 2.22. The first kappa shape index (κ1) is 10.8. The van der Waals surface area contributed by atoms with Crippen LogP contribution in [-0.4, -0.2) is 10.8 Å². The summed E-state index contributed by atoms with van der Waals surface area (Å²) in [6.07, 6.45) is 0.486. The van der Waals surface area contributed by atoms with Gasteiger partial charge in [0.25, 0.3) is 0 Å². The van der Waals surface area contributed by atoms with Gasteiger partial charge in [0.2, 0.25) is 0 Å². The zero-order chi connectivity index (χ0) is 11.5. The van der Waals surface area contributed by atoms with E-state index in [4.69, 9.17) is 5.73 Å². The van der Waals surface area contributed by atoms with E-state index in [2.05, 4.69) is 4.98 Å². The third-order valence-corrected chi connectivity index (χ3v) is 2.90. The molecule has 82 valence electrons. The maximum atomic E-state index is 10.9. The largest absolute Gasteiger partial charge is 0.375 e. The fourth-order valence-corrected chi connectivity index (χ4v) is 2.07. The first-order valence-corrected chi connectivity index (χ1v) is 5.83. The van der Waals surface area contributed by atoms with Crippen molar-refractivity contribution in [3.05, 3.63) is 35.2 Å². The highest BCUT2D eigenvalue weighted by atomic mass is 32.1. The van der Waals surface area contributed by atoms with Crippen molar-refractivity contribution in [3.8, 4) is 11.3 Å². The van der Waals surface area contributed by atoms with Gasteiger partial charge >= 0.3 is 0 Å². The molecule has 2 N–H and O–H groups in total. The zero-order valence-electron chi connectivity index (χ0n) is 8.93. The topological polar surface area (TPSA) is 56.0 Å². The van der Waals surface area contributed by atoms with Gasteiger partial charge in [0.15, 0.2) is 5.13 Å². The van der Waals surface area contributed by atoms with E-state index in [-0.39, 0.29) is 5.78 Å². The van der Waals surface area contributed by atoms with Gasteiger partial charge < -0.3 is 5.73 Å². The lowest BCUT2D eigenvalue weighted by atomic mass is 10.1. The Morgan fingerprint density at radius 3 is 2.56 bits per heavy atom. The van der Waals surface area contributed by atoms with Crippen LogP contribution in [-0.2, 0) is 11.2 Å². The number of anilines is 1. The molecule has 16 heavy (non-hydrogen) atoms. The predicted octanol–water partition coefficient (Wildman–Crippen LogP) is 2.52. The van der Waals surface area contributed by atoms with E-state index in [1.54, 1.807) is 6.92 Å². The predicted molar refractivity (Wildman–Crippen MR) is 66.3 cm³/mol. The molecule has 0 aliphatic heterocycles. The summed E-state index contributed by atoms with van der Waals surface area (Å²) in [6, 6.07) is 7.83. The highest BCUT2D eigenvalue weighted by Gasteiger charge is 2.03. The van der Waals surface area contributed by atoms with E-state index < -0.39 is 0 Å². The van der Waals surface area contributed by atoms with Crippen molar-refractivity contribution in [1.29, 1.82) is 0 Å². The van der Waals surface area contributed by atoms with E-state index in [0.29, 0.717) is 11.6 Å². The van der Waals surface area contributed by atoms with Crippen LogP contribution in [0.4, 0.5) is 5.13 Å². The lowest BCUT2D eigenvalue weighted by molar-refractivity contribution is -0.116. The Labute approximate surface area is 97.9 Å². The van der Waals surface area contributed by atoms with Gasteiger partial charge in [-0.15, -0.1) is 11.3 Å². The highest BCUT2D eigenvalue weighted by Crippen LogP contribution is 2.23. The van der Waals surface area contributed by atoms with Crippen LogP contribution in [0.15, 0.2) is 29.6 Å². The second-order valence-corrected chi connectivity index (χ2v) is 4.54. The second-order valence-electron chi connectivity index (χ2n) is 3.65. The highest BCUT2D eigenvalue weighted by molar-refractivity contribution is 7.13. The Kier molecular flexibility index (Phi) is 3.01. The van der Waals surface area contributed by atoms with Crippen molar-refractivity contribution in [2.45, 2.75) is 13.3 Å². The van der Waals surface area contributed by atoms with Crippen molar-refractivity contribution in [1.82, 2.24) is 4.98 Å². The number of hydrogen-bond acceptors (Lipinski definition) is 4. The van der Waals surface area contributed by atoms with Crippen LogP contribution < -0.4 is 5.73 Å². The number of ketones is 1. The summed E-state index contributed by atoms with van der Waals surface area (Å²) >= 11 is 1.43. The average Bonchev–Trinajstić information content (AvgIpc) is 2.65. The number of benzene rings is 1. The minimum atomic E-state index is 0.172. The molecule has 0 spiro atoms. The summed E-state index contributed by atoms with van der Waals surface area (Å²) in [4.78, 5) is 15.1. The number of aromatic nitrogens is 1. The minimum absolute atomic E-state index is 0.172. The lowest BCUT2D eigenvalue weighted by Gasteiger charge is -2.00. The Balaban J connectivity index is 2.22. The molecule has 0 atom stereocenters. The molecule has 0 unspecified atom stereocenters. The first-order chi connectivity index (χ1) is 7.65. The van der Waals surface area contributed by atoms with E-state index in [1.807, 2.05) is 29.6 Å². The number of Topliss-reactive ketones (excluding diaryl/α,β-unsaturated/α-hetero) is 1. The lowest BCUT2D eigenvalue weighted by Crippen LogP contribution is -1.95. The summed E-state index contributed by atoms with van der Waals surface area (Å²) in [6.45, 7) is 1.59. The molecule has 1 aromatic carbocycles. The number of nitrogens with two attached hydrogens (primary N) is 1. The minimum Gasteiger partial charge on any atom is -0.375 e. The molecule has 0 radical (unpaired) electrons. The van der Waals surface area contributed by atoms with Crippen molar-refractivity contribution in [2.75, 3.05) is 5.73 Å². The normalized spacial score (nSPS) is 10.3. The molecular weight excluding hydrogens is 220 g/mol. The quantitative estimate of drug-likeness (QED) is 0.884. The monoisotopic (exact) mass is 232 g/mol. The maximum absolute atomic E-state index is 10.9. The molecule has 1 aromatic heterocycles. The number of hydrogen-bond donors (Lipinski definition) is 1. The molecule has 0 aliphatic rings. The molecule has 0 bridgehead atoms. The van der Waals surface area contributed by atoms with E-state index in [0.717, 1.165) is 16.8 Å². The number of thiazole rings is 1. The standard InChI is InChI=1S/C12H12N2OS/c1-8(15)6-9-2-4-10(5-3-9)11-7-16-12(13)14-11/h2-5,7H,6H2,1H3,(H2,13,14). The first-order valence-electron chi connectivity index (χ1n) is 4.95. The smallest absolute Gasteiger partial charge is 0.180 e. The molecule has 2 rings (SSSR count). The molecule has 1 heterocycles. The molecule has 0 amide bonds. The van der Waals surface area contributed by atoms with Crippen molar-refractivity contribution in [3.63, 3.8) is 0 Å². The van der Waals surface area contributed by atoms with Gasteiger partial charge in [-0.25, -0.2) is 4.98 Å². The molecule has 0 saturated carbocycles.